The van der Waals surface area contributed by atoms with Crippen LogP contribution in [-0.2, 0) is 19.6 Å². The lowest BCUT2D eigenvalue weighted by molar-refractivity contribution is -0.141. The summed E-state index contributed by atoms with van der Waals surface area (Å²) in [6.45, 7) is 2.20. The van der Waals surface area contributed by atoms with Crippen molar-refractivity contribution in [2.24, 2.45) is 5.92 Å². The topological polar surface area (TPSA) is 104 Å². The molecular formula is C16H20N2O6S. The molecule has 1 N–H and O–H groups in total. The third-order valence-corrected chi connectivity index (χ3v) is 6.42. The highest BCUT2D eigenvalue weighted by Crippen LogP contribution is 2.25. The van der Waals surface area contributed by atoms with Crippen LogP contribution in [0.3, 0.4) is 0 Å². The van der Waals surface area contributed by atoms with Gasteiger partial charge in [-0.15, -0.1) is 0 Å². The van der Waals surface area contributed by atoms with E-state index in [4.69, 9.17) is 9.84 Å². The van der Waals surface area contributed by atoms with Crippen molar-refractivity contribution in [2.75, 3.05) is 39.4 Å². The SMILES string of the molecule is O=C(O)C1CCN(S(=O)(=O)c2ccc(C(=O)N3CCOCC3)cc2)C1. The van der Waals surface area contributed by atoms with Crippen molar-refractivity contribution in [2.45, 2.75) is 11.3 Å². The van der Waals surface area contributed by atoms with E-state index < -0.39 is 21.9 Å². The summed E-state index contributed by atoms with van der Waals surface area (Å²) in [5.74, 6) is -1.81. The third kappa shape index (κ3) is 3.68. The van der Waals surface area contributed by atoms with Gasteiger partial charge >= 0.3 is 5.97 Å². The Morgan fingerprint density at radius 3 is 2.28 bits per heavy atom. The summed E-state index contributed by atoms with van der Waals surface area (Å²) >= 11 is 0. The number of hydrogen-bond acceptors (Lipinski definition) is 5. The van der Waals surface area contributed by atoms with Gasteiger partial charge in [0.15, 0.2) is 0 Å². The number of carbonyl (C=O) groups excluding carboxylic acids is 1. The van der Waals surface area contributed by atoms with Crippen LogP contribution in [0.5, 0.6) is 0 Å². The second kappa shape index (κ2) is 7.11. The summed E-state index contributed by atoms with van der Waals surface area (Å²) in [5.41, 5.74) is 0.422. The third-order valence-electron chi connectivity index (χ3n) is 4.54. The van der Waals surface area contributed by atoms with Gasteiger partial charge in [-0.25, -0.2) is 8.42 Å². The van der Waals surface area contributed by atoms with Crippen LogP contribution in [0.2, 0.25) is 0 Å². The predicted octanol–water partition coefficient (Wildman–Crippen LogP) is 0.254. The fourth-order valence-electron chi connectivity index (χ4n) is 3.02. The molecule has 2 fully saturated rings. The number of benzene rings is 1. The van der Waals surface area contributed by atoms with E-state index in [1.54, 1.807) is 4.90 Å². The number of nitrogens with zero attached hydrogens (tertiary/aromatic N) is 2. The first-order valence-electron chi connectivity index (χ1n) is 8.09. The number of ether oxygens (including phenoxy) is 1. The number of morpholine rings is 1. The largest absolute Gasteiger partial charge is 0.481 e. The highest BCUT2D eigenvalue weighted by Gasteiger charge is 2.35. The summed E-state index contributed by atoms with van der Waals surface area (Å²) in [5, 5.41) is 9.02. The number of carbonyl (C=O) groups is 2. The van der Waals surface area contributed by atoms with E-state index in [0.717, 1.165) is 0 Å². The van der Waals surface area contributed by atoms with Crippen molar-refractivity contribution in [3.05, 3.63) is 29.8 Å². The molecule has 0 spiro atoms. The fraction of sp³-hybridized carbons (Fsp3) is 0.500. The minimum atomic E-state index is -3.75. The second-order valence-electron chi connectivity index (χ2n) is 6.12. The first-order chi connectivity index (χ1) is 11.9. The first kappa shape index (κ1) is 17.8. The van der Waals surface area contributed by atoms with E-state index in [9.17, 15) is 18.0 Å². The molecule has 1 aromatic rings. The fourth-order valence-corrected chi connectivity index (χ4v) is 4.52. The average Bonchev–Trinajstić information content (AvgIpc) is 3.13. The summed E-state index contributed by atoms with van der Waals surface area (Å²) in [6.07, 6.45) is 0.308. The lowest BCUT2D eigenvalue weighted by atomic mass is 10.1. The standard InChI is InChI=1S/C16H20N2O6S/c19-15(17-7-9-24-10-8-17)12-1-3-14(4-2-12)25(22,23)18-6-5-13(11-18)16(20)21/h1-4,13H,5-11H2,(H,20,21). The summed E-state index contributed by atoms with van der Waals surface area (Å²) in [4.78, 5) is 25.1. The van der Waals surface area contributed by atoms with Crippen molar-refractivity contribution in [1.82, 2.24) is 9.21 Å². The lowest BCUT2D eigenvalue weighted by Gasteiger charge is -2.27. The molecule has 0 saturated carbocycles. The minimum Gasteiger partial charge on any atom is -0.481 e. The Morgan fingerprint density at radius 2 is 1.72 bits per heavy atom. The van der Waals surface area contributed by atoms with Gasteiger partial charge in [-0.05, 0) is 30.7 Å². The molecule has 1 aromatic carbocycles. The zero-order valence-electron chi connectivity index (χ0n) is 13.6. The van der Waals surface area contributed by atoms with E-state index in [-0.39, 0.29) is 23.9 Å². The highest BCUT2D eigenvalue weighted by atomic mass is 32.2. The maximum atomic E-state index is 12.6. The molecule has 0 aliphatic carbocycles. The van der Waals surface area contributed by atoms with Crippen LogP contribution >= 0.6 is 0 Å². The quantitative estimate of drug-likeness (QED) is 0.817. The molecule has 0 bridgehead atoms. The maximum Gasteiger partial charge on any atom is 0.307 e. The molecule has 2 aliphatic rings. The Labute approximate surface area is 146 Å². The summed E-state index contributed by atoms with van der Waals surface area (Å²) < 4.78 is 31.6. The van der Waals surface area contributed by atoms with E-state index in [1.165, 1.54) is 28.6 Å². The van der Waals surface area contributed by atoms with Crippen molar-refractivity contribution < 1.29 is 27.9 Å². The van der Waals surface area contributed by atoms with Crippen molar-refractivity contribution in [3.63, 3.8) is 0 Å². The smallest absolute Gasteiger partial charge is 0.307 e. The van der Waals surface area contributed by atoms with Gasteiger partial charge in [0, 0.05) is 31.7 Å². The van der Waals surface area contributed by atoms with E-state index >= 15 is 0 Å². The molecule has 2 aliphatic heterocycles. The van der Waals surface area contributed by atoms with Gasteiger partial charge in [0.2, 0.25) is 10.0 Å². The molecule has 1 unspecified atom stereocenters. The van der Waals surface area contributed by atoms with E-state index in [1.807, 2.05) is 0 Å². The number of amides is 1. The Morgan fingerprint density at radius 1 is 1.08 bits per heavy atom. The Bertz CT molecular complexity index is 755. The molecule has 2 heterocycles. The molecule has 8 nitrogen and oxygen atoms in total. The van der Waals surface area contributed by atoms with Crippen LogP contribution in [0.1, 0.15) is 16.8 Å². The predicted molar refractivity (Wildman–Crippen MR) is 87.7 cm³/mol. The van der Waals surface area contributed by atoms with Gasteiger partial charge < -0.3 is 14.7 Å². The van der Waals surface area contributed by atoms with E-state index in [0.29, 0.717) is 38.3 Å². The zero-order chi connectivity index (χ0) is 18.0. The second-order valence-corrected chi connectivity index (χ2v) is 8.05. The molecule has 2 saturated heterocycles. The number of carboxylic acids is 1. The molecular weight excluding hydrogens is 348 g/mol. The summed E-state index contributed by atoms with van der Waals surface area (Å²) in [6, 6.07) is 5.79. The van der Waals surface area contributed by atoms with Gasteiger partial charge in [-0.3, -0.25) is 9.59 Å². The minimum absolute atomic E-state index is 0.0217. The van der Waals surface area contributed by atoms with Gasteiger partial charge in [-0.2, -0.15) is 4.31 Å². The lowest BCUT2D eigenvalue weighted by Crippen LogP contribution is -2.40. The van der Waals surface area contributed by atoms with Crippen molar-refractivity contribution >= 4 is 21.9 Å². The normalized spacial score (nSPS) is 22.1. The number of carboxylic acid groups (broad SMARTS) is 1. The summed E-state index contributed by atoms with van der Waals surface area (Å²) in [7, 11) is -3.75. The molecule has 136 valence electrons. The molecule has 1 atom stereocenters. The Balaban J connectivity index is 1.73. The van der Waals surface area contributed by atoms with Gasteiger partial charge in [0.05, 0.1) is 24.0 Å². The van der Waals surface area contributed by atoms with Crippen LogP contribution < -0.4 is 0 Å². The van der Waals surface area contributed by atoms with Crippen LogP contribution in [0.15, 0.2) is 29.2 Å². The highest BCUT2D eigenvalue weighted by molar-refractivity contribution is 7.89. The van der Waals surface area contributed by atoms with E-state index in [2.05, 4.69) is 0 Å². The molecule has 0 aromatic heterocycles. The van der Waals surface area contributed by atoms with Crippen LogP contribution in [0.4, 0.5) is 0 Å². The number of aliphatic carboxylic acids is 1. The monoisotopic (exact) mass is 368 g/mol. The molecule has 0 radical (unpaired) electrons. The van der Waals surface area contributed by atoms with Crippen LogP contribution in [0, 0.1) is 5.92 Å². The van der Waals surface area contributed by atoms with Crippen molar-refractivity contribution in [1.29, 1.82) is 0 Å². The molecule has 25 heavy (non-hydrogen) atoms. The molecule has 3 rings (SSSR count). The number of rotatable bonds is 4. The van der Waals surface area contributed by atoms with Gasteiger partial charge in [-0.1, -0.05) is 0 Å². The van der Waals surface area contributed by atoms with Gasteiger partial charge in [0.1, 0.15) is 0 Å². The zero-order valence-corrected chi connectivity index (χ0v) is 14.4. The first-order valence-corrected chi connectivity index (χ1v) is 9.53. The number of sulfonamides is 1. The maximum absolute atomic E-state index is 12.6. The number of hydrogen-bond donors (Lipinski definition) is 1. The Kier molecular flexibility index (Phi) is 5.07. The Hall–Kier alpha value is -1.97. The van der Waals surface area contributed by atoms with Gasteiger partial charge in [0.25, 0.3) is 5.91 Å². The molecule has 9 heteroatoms. The van der Waals surface area contributed by atoms with Crippen LogP contribution in [0.25, 0.3) is 0 Å². The average molecular weight is 368 g/mol. The van der Waals surface area contributed by atoms with Crippen molar-refractivity contribution in [3.8, 4) is 0 Å². The van der Waals surface area contributed by atoms with Crippen LogP contribution in [-0.4, -0.2) is 74.0 Å². The molecule has 1 amide bonds.